The number of hydrogen-bond donors (Lipinski definition) is 0. The lowest BCUT2D eigenvalue weighted by atomic mass is 9.98. The second kappa shape index (κ2) is 7.50. The number of hydrogen-bond acceptors (Lipinski definition) is 1. The molecule has 2 aromatic heterocycles. The fourth-order valence-corrected chi connectivity index (χ4v) is 5.09. The highest BCUT2D eigenvalue weighted by atomic mass is 16.3. The quantitative estimate of drug-likeness (QED) is 0.271. The molecule has 0 unspecified atom stereocenters. The lowest BCUT2D eigenvalue weighted by Gasteiger charge is -2.09. The summed E-state index contributed by atoms with van der Waals surface area (Å²) in [5, 5.41) is 3.60. The summed E-state index contributed by atoms with van der Waals surface area (Å²) < 4.78 is 8.10. The Labute approximate surface area is 197 Å². The van der Waals surface area contributed by atoms with Crippen molar-refractivity contribution in [2.45, 2.75) is 0 Å². The van der Waals surface area contributed by atoms with Crippen LogP contribution in [0.15, 0.2) is 132 Å². The molecule has 34 heavy (non-hydrogen) atoms. The first-order chi connectivity index (χ1) is 16.9. The smallest absolute Gasteiger partial charge is 0.136 e. The van der Waals surface area contributed by atoms with Gasteiger partial charge < -0.3 is 8.98 Å². The van der Waals surface area contributed by atoms with Crippen LogP contribution in [-0.4, -0.2) is 4.57 Å². The Kier molecular flexibility index (Phi) is 4.18. The highest BCUT2D eigenvalue weighted by Crippen LogP contribution is 2.39. The number of rotatable bonds is 3. The Hall–Kier alpha value is -4.56. The average Bonchev–Trinajstić information content (AvgIpc) is 3.52. The van der Waals surface area contributed by atoms with Gasteiger partial charge in [0.1, 0.15) is 5.58 Å². The number of benzene rings is 5. The molecular weight excluding hydrogens is 414 g/mol. The van der Waals surface area contributed by atoms with Gasteiger partial charge in [0.15, 0.2) is 0 Å². The van der Waals surface area contributed by atoms with Gasteiger partial charge in [-0.25, -0.2) is 0 Å². The molecule has 0 saturated carbocycles. The largest absolute Gasteiger partial charge is 0.464 e. The number of fused-ring (bicyclic) bond motifs is 5. The summed E-state index contributed by atoms with van der Waals surface area (Å²) in [5.74, 6) is 0. The highest BCUT2D eigenvalue weighted by Gasteiger charge is 2.16. The summed E-state index contributed by atoms with van der Waals surface area (Å²) in [7, 11) is 0. The molecule has 2 nitrogen and oxygen atoms in total. The van der Waals surface area contributed by atoms with E-state index in [1.54, 1.807) is 6.26 Å². The Balaban J connectivity index is 1.50. The van der Waals surface area contributed by atoms with Crippen LogP contribution in [-0.2, 0) is 0 Å². The predicted octanol–water partition coefficient (Wildman–Crippen LogP) is 8.86. The topological polar surface area (TPSA) is 18.1 Å². The van der Waals surface area contributed by atoms with Crippen LogP contribution in [0.4, 0.5) is 0 Å². The third-order valence-electron chi connectivity index (χ3n) is 6.68. The Bertz CT molecular complexity index is 1790. The maximum Gasteiger partial charge on any atom is 0.136 e. The van der Waals surface area contributed by atoms with Crippen molar-refractivity contribution in [3.63, 3.8) is 0 Å². The van der Waals surface area contributed by atoms with Crippen LogP contribution in [0.2, 0.25) is 0 Å². The zero-order valence-corrected chi connectivity index (χ0v) is 18.5. The van der Waals surface area contributed by atoms with Crippen molar-refractivity contribution in [1.29, 1.82) is 0 Å². The second-order valence-electron chi connectivity index (χ2n) is 8.64. The van der Waals surface area contributed by atoms with Crippen LogP contribution < -0.4 is 0 Å². The number of nitrogens with zero attached hydrogens (tertiary/aromatic N) is 1. The van der Waals surface area contributed by atoms with Gasteiger partial charge >= 0.3 is 0 Å². The van der Waals surface area contributed by atoms with E-state index in [1.165, 1.54) is 44.1 Å². The van der Waals surface area contributed by atoms with E-state index in [-0.39, 0.29) is 0 Å². The molecule has 7 aromatic rings. The molecule has 0 radical (unpaired) electrons. The maximum absolute atomic E-state index is 5.75. The predicted molar refractivity (Wildman–Crippen MR) is 141 cm³/mol. The standard InChI is InChI=1S/C32H21NO/c1-3-8-22(9-4-1)23-10-7-11-24(20-23)25-14-16-30-29(21-25)27-15-17-31-28(18-19-34-31)32(27)33(30)26-12-5-2-6-13-26/h1-21H. The van der Waals surface area contributed by atoms with Crippen molar-refractivity contribution >= 4 is 32.8 Å². The molecule has 0 saturated heterocycles. The molecule has 0 aliphatic heterocycles. The van der Waals surface area contributed by atoms with E-state index >= 15 is 0 Å². The minimum atomic E-state index is 0.906. The summed E-state index contributed by atoms with van der Waals surface area (Å²) in [5.41, 5.74) is 9.32. The zero-order chi connectivity index (χ0) is 22.5. The van der Waals surface area contributed by atoms with E-state index in [9.17, 15) is 0 Å². The third-order valence-corrected chi connectivity index (χ3v) is 6.68. The normalized spacial score (nSPS) is 11.5. The number of para-hydroxylation sites is 1. The Morgan fingerprint density at radius 3 is 2.00 bits per heavy atom. The Morgan fingerprint density at radius 1 is 0.471 bits per heavy atom. The van der Waals surface area contributed by atoms with E-state index in [2.05, 4.69) is 126 Å². The molecule has 0 fully saturated rings. The first kappa shape index (κ1) is 19.0. The zero-order valence-electron chi connectivity index (χ0n) is 18.5. The maximum atomic E-state index is 5.75. The minimum Gasteiger partial charge on any atom is -0.464 e. The van der Waals surface area contributed by atoms with Crippen molar-refractivity contribution in [2.24, 2.45) is 0 Å². The number of furan rings is 1. The van der Waals surface area contributed by atoms with E-state index in [1.807, 2.05) is 0 Å². The molecule has 5 aromatic carbocycles. The van der Waals surface area contributed by atoms with Crippen molar-refractivity contribution in [3.8, 4) is 27.9 Å². The average molecular weight is 436 g/mol. The van der Waals surface area contributed by atoms with Gasteiger partial charge in [0.05, 0.1) is 17.3 Å². The van der Waals surface area contributed by atoms with E-state index in [0.29, 0.717) is 0 Å². The second-order valence-corrected chi connectivity index (χ2v) is 8.64. The fourth-order valence-electron chi connectivity index (χ4n) is 5.09. The molecule has 0 amide bonds. The van der Waals surface area contributed by atoms with Crippen LogP contribution in [0.1, 0.15) is 0 Å². The molecule has 2 heteroatoms. The fraction of sp³-hybridized carbons (Fsp3) is 0. The van der Waals surface area contributed by atoms with Gasteiger partial charge in [0.25, 0.3) is 0 Å². The summed E-state index contributed by atoms with van der Waals surface area (Å²) in [6.45, 7) is 0. The molecule has 160 valence electrons. The summed E-state index contributed by atoms with van der Waals surface area (Å²) >= 11 is 0. The minimum absolute atomic E-state index is 0.906. The van der Waals surface area contributed by atoms with Gasteiger partial charge in [-0.1, -0.05) is 72.8 Å². The molecule has 0 N–H and O–H groups in total. The molecule has 0 bridgehead atoms. The molecular formula is C32H21NO. The monoisotopic (exact) mass is 435 g/mol. The van der Waals surface area contributed by atoms with Crippen molar-refractivity contribution in [1.82, 2.24) is 4.57 Å². The van der Waals surface area contributed by atoms with Crippen LogP contribution >= 0.6 is 0 Å². The summed E-state index contributed by atoms with van der Waals surface area (Å²) in [6, 6.07) is 43.0. The molecule has 7 rings (SSSR count). The van der Waals surface area contributed by atoms with E-state index in [0.717, 1.165) is 16.7 Å². The van der Waals surface area contributed by atoms with Crippen molar-refractivity contribution in [3.05, 3.63) is 128 Å². The van der Waals surface area contributed by atoms with Crippen molar-refractivity contribution < 1.29 is 4.42 Å². The molecule has 0 aliphatic rings. The number of aromatic nitrogens is 1. The first-order valence-electron chi connectivity index (χ1n) is 11.5. The summed E-state index contributed by atoms with van der Waals surface area (Å²) in [6.07, 6.45) is 1.78. The van der Waals surface area contributed by atoms with E-state index in [4.69, 9.17) is 4.42 Å². The van der Waals surface area contributed by atoms with Crippen LogP contribution in [0.5, 0.6) is 0 Å². The van der Waals surface area contributed by atoms with Gasteiger partial charge in [0.2, 0.25) is 0 Å². The van der Waals surface area contributed by atoms with Crippen molar-refractivity contribution in [2.75, 3.05) is 0 Å². The van der Waals surface area contributed by atoms with Gasteiger partial charge in [-0.2, -0.15) is 0 Å². The van der Waals surface area contributed by atoms with Crippen LogP contribution in [0, 0.1) is 0 Å². The summed E-state index contributed by atoms with van der Waals surface area (Å²) in [4.78, 5) is 0. The molecule has 2 heterocycles. The van der Waals surface area contributed by atoms with Crippen LogP contribution in [0.25, 0.3) is 60.7 Å². The Morgan fingerprint density at radius 2 is 1.18 bits per heavy atom. The van der Waals surface area contributed by atoms with Gasteiger partial charge in [0, 0.05) is 21.8 Å². The highest BCUT2D eigenvalue weighted by molar-refractivity contribution is 6.18. The van der Waals surface area contributed by atoms with Gasteiger partial charge in [-0.15, -0.1) is 0 Å². The van der Waals surface area contributed by atoms with Gasteiger partial charge in [-0.05, 0) is 70.8 Å². The van der Waals surface area contributed by atoms with Crippen LogP contribution in [0.3, 0.4) is 0 Å². The molecule has 0 spiro atoms. The van der Waals surface area contributed by atoms with Gasteiger partial charge in [-0.3, -0.25) is 0 Å². The molecule has 0 aliphatic carbocycles. The lowest BCUT2D eigenvalue weighted by Crippen LogP contribution is -1.93. The lowest BCUT2D eigenvalue weighted by molar-refractivity contribution is 0.616. The molecule has 0 atom stereocenters. The first-order valence-corrected chi connectivity index (χ1v) is 11.5. The SMILES string of the molecule is c1ccc(-c2cccc(-c3ccc4c(c3)c3ccc5occc5c3n4-c3ccccc3)c2)cc1. The van der Waals surface area contributed by atoms with E-state index < -0.39 is 0 Å². The third kappa shape index (κ3) is 2.89.